The number of unbranched alkanes of at least 4 members (excludes halogenated alkanes) is 2. The van der Waals surface area contributed by atoms with E-state index in [1.807, 2.05) is 6.92 Å². The van der Waals surface area contributed by atoms with Gasteiger partial charge in [0, 0.05) is 5.75 Å². The SMILES string of the molecule is CCCCCS(=O)(=O)[O-].CCC[N+](CCC)(CCC)CCC. The molecule has 0 heterocycles. The summed E-state index contributed by atoms with van der Waals surface area (Å²) >= 11 is 0. The van der Waals surface area contributed by atoms with E-state index in [0.29, 0.717) is 6.42 Å². The van der Waals surface area contributed by atoms with Crippen LogP contribution in [0.4, 0.5) is 0 Å². The highest BCUT2D eigenvalue weighted by molar-refractivity contribution is 7.85. The Hall–Kier alpha value is -0.130. The first kappa shape index (κ1) is 24.1. The third-order valence-corrected chi connectivity index (χ3v) is 4.58. The maximum Gasteiger partial charge on any atom is 0.0945 e. The molecule has 5 heteroatoms. The first-order valence-electron chi connectivity index (χ1n) is 9.09. The average molecular weight is 338 g/mol. The summed E-state index contributed by atoms with van der Waals surface area (Å²) in [4.78, 5) is 0. The lowest BCUT2D eigenvalue weighted by molar-refractivity contribution is -0.928. The van der Waals surface area contributed by atoms with Gasteiger partial charge in [-0.1, -0.05) is 47.5 Å². The van der Waals surface area contributed by atoms with E-state index in [0.717, 1.165) is 12.8 Å². The molecule has 0 atom stereocenters. The lowest BCUT2D eigenvalue weighted by Gasteiger charge is -2.38. The van der Waals surface area contributed by atoms with Crippen molar-refractivity contribution in [1.29, 1.82) is 0 Å². The monoisotopic (exact) mass is 337 g/mol. The summed E-state index contributed by atoms with van der Waals surface area (Å²) in [6.45, 7) is 16.7. The van der Waals surface area contributed by atoms with Crippen LogP contribution in [0.25, 0.3) is 0 Å². The molecule has 0 amide bonds. The number of hydrogen-bond donors (Lipinski definition) is 0. The molecule has 22 heavy (non-hydrogen) atoms. The molecule has 0 fully saturated rings. The summed E-state index contributed by atoms with van der Waals surface area (Å²) in [7, 11) is -3.95. The van der Waals surface area contributed by atoms with Crippen molar-refractivity contribution >= 4 is 10.1 Å². The standard InChI is InChI=1S/C12H28N.C5H12O3S/c1-5-9-13(10-6-2,11-7-3)12-8-4;1-2-3-4-5-9(6,7)8/h5-12H2,1-4H3;2-5H2,1H3,(H,6,7,8)/q+1;/p-1. The zero-order valence-corrected chi connectivity index (χ0v) is 16.4. The first-order chi connectivity index (χ1) is 10.3. The van der Waals surface area contributed by atoms with Crippen LogP contribution in [0.3, 0.4) is 0 Å². The van der Waals surface area contributed by atoms with E-state index in [1.54, 1.807) is 0 Å². The van der Waals surface area contributed by atoms with Gasteiger partial charge in [0.05, 0.1) is 36.3 Å². The Morgan fingerprint density at radius 1 is 0.682 bits per heavy atom. The Kier molecular flexibility index (Phi) is 15.9. The van der Waals surface area contributed by atoms with Crippen LogP contribution in [0.1, 0.15) is 79.6 Å². The zero-order valence-electron chi connectivity index (χ0n) is 15.6. The lowest BCUT2D eigenvalue weighted by Crippen LogP contribution is -2.50. The molecule has 0 bridgehead atoms. The molecule has 0 unspecified atom stereocenters. The quantitative estimate of drug-likeness (QED) is 0.305. The maximum absolute atomic E-state index is 9.95. The summed E-state index contributed by atoms with van der Waals surface area (Å²) in [5, 5.41) is 0. The second-order valence-electron chi connectivity index (χ2n) is 6.20. The van der Waals surface area contributed by atoms with Crippen LogP contribution in [-0.4, -0.2) is 49.4 Å². The summed E-state index contributed by atoms with van der Waals surface area (Å²) in [5.41, 5.74) is 0. The van der Waals surface area contributed by atoms with Gasteiger partial charge in [-0.2, -0.15) is 0 Å². The van der Waals surface area contributed by atoms with Crippen molar-refractivity contribution in [3.8, 4) is 0 Å². The predicted molar refractivity (Wildman–Crippen MR) is 95.0 cm³/mol. The molecular weight excluding hydrogens is 298 g/mol. The Morgan fingerprint density at radius 2 is 1.05 bits per heavy atom. The second kappa shape index (κ2) is 14.5. The molecule has 0 spiro atoms. The minimum atomic E-state index is -3.95. The van der Waals surface area contributed by atoms with Crippen molar-refractivity contribution < 1.29 is 17.5 Å². The summed E-state index contributed by atoms with van der Waals surface area (Å²) < 4.78 is 31.2. The molecule has 0 saturated heterocycles. The molecule has 0 aliphatic carbocycles. The predicted octanol–water partition coefficient (Wildman–Crippen LogP) is 4.17. The molecule has 0 aliphatic rings. The van der Waals surface area contributed by atoms with Gasteiger partial charge in [0.25, 0.3) is 0 Å². The van der Waals surface area contributed by atoms with Gasteiger partial charge in [-0.25, -0.2) is 8.42 Å². The number of hydrogen-bond acceptors (Lipinski definition) is 3. The van der Waals surface area contributed by atoms with Crippen LogP contribution < -0.4 is 0 Å². The smallest absolute Gasteiger partial charge is 0.0945 e. The van der Waals surface area contributed by atoms with Gasteiger partial charge in [0.1, 0.15) is 0 Å². The molecule has 4 nitrogen and oxygen atoms in total. The molecule has 0 aliphatic heterocycles. The zero-order chi connectivity index (χ0) is 17.5. The van der Waals surface area contributed by atoms with Crippen molar-refractivity contribution in [2.75, 3.05) is 31.9 Å². The van der Waals surface area contributed by atoms with E-state index in [4.69, 9.17) is 0 Å². The Balaban J connectivity index is 0. The Labute approximate surface area is 139 Å². The van der Waals surface area contributed by atoms with Crippen LogP contribution in [0, 0.1) is 0 Å². The number of nitrogens with zero attached hydrogens (tertiary/aromatic N) is 1. The van der Waals surface area contributed by atoms with Gasteiger partial charge in [-0.3, -0.25) is 0 Å². The van der Waals surface area contributed by atoms with E-state index < -0.39 is 10.1 Å². The lowest BCUT2D eigenvalue weighted by atomic mass is 10.2. The van der Waals surface area contributed by atoms with Crippen molar-refractivity contribution in [2.45, 2.75) is 79.6 Å². The maximum atomic E-state index is 9.95. The highest BCUT2D eigenvalue weighted by Crippen LogP contribution is 2.12. The van der Waals surface area contributed by atoms with Crippen LogP contribution in [-0.2, 0) is 10.1 Å². The topological polar surface area (TPSA) is 57.2 Å². The fourth-order valence-corrected chi connectivity index (χ4v) is 3.65. The van der Waals surface area contributed by atoms with Crippen molar-refractivity contribution in [2.24, 2.45) is 0 Å². The Morgan fingerprint density at radius 3 is 1.27 bits per heavy atom. The van der Waals surface area contributed by atoms with Crippen LogP contribution in [0.5, 0.6) is 0 Å². The third-order valence-electron chi connectivity index (χ3n) is 3.79. The average Bonchev–Trinajstić information content (AvgIpc) is 2.39. The van der Waals surface area contributed by atoms with E-state index in [9.17, 15) is 13.0 Å². The van der Waals surface area contributed by atoms with Crippen molar-refractivity contribution in [3.05, 3.63) is 0 Å². The van der Waals surface area contributed by atoms with E-state index >= 15 is 0 Å². The summed E-state index contributed by atoms with van der Waals surface area (Å²) in [5.74, 6) is -0.208. The van der Waals surface area contributed by atoms with Gasteiger partial charge in [-0.05, 0) is 32.1 Å². The molecule has 0 radical (unpaired) electrons. The van der Waals surface area contributed by atoms with E-state index in [2.05, 4.69) is 27.7 Å². The van der Waals surface area contributed by atoms with Gasteiger partial charge >= 0.3 is 0 Å². The molecule has 0 saturated carbocycles. The minimum absolute atomic E-state index is 0.208. The van der Waals surface area contributed by atoms with Gasteiger partial charge in [0.15, 0.2) is 0 Å². The molecule has 0 rings (SSSR count). The fourth-order valence-electron chi connectivity index (χ4n) is 3.10. The molecule has 0 N–H and O–H groups in total. The number of quaternary nitrogens is 1. The highest BCUT2D eigenvalue weighted by Gasteiger charge is 2.22. The fraction of sp³-hybridized carbons (Fsp3) is 1.00. The molecule has 0 aromatic heterocycles. The van der Waals surface area contributed by atoms with Crippen molar-refractivity contribution in [3.63, 3.8) is 0 Å². The van der Waals surface area contributed by atoms with Crippen molar-refractivity contribution in [1.82, 2.24) is 0 Å². The van der Waals surface area contributed by atoms with Crippen LogP contribution in [0.15, 0.2) is 0 Å². The molecule has 0 aromatic rings. The largest absolute Gasteiger partial charge is 0.748 e. The Bertz CT molecular complexity index is 299. The van der Waals surface area contributed by atoms with E-state index in [1.165, 1.54) is 56.3 Å². The number of rotatable bonds is 12. The summed E-state index contributed by atoms with van der Waals surface area (Å²) in [6, 6.07) is 0. The molecule has 136 valence electrons. The van der Waals surface area contributed by atoms with Crippen LogP contribution in [0.2, 0.25) is 0 Å². The molecule has 0 aromatic carbocycles. The molecular formula is C17H39NO3S. The van der Waals surface area contributed by atoms with Gasteiger partial charge < -0.3 is 9.04 Å². The first-order valence-corrected chi connectivity index (χ1v) is 10.7. The minimum Gasteiger partial charge on any atom is -0.748 e. The summed E-state index contributed by atoms with van der Waals surface area (Å²) in [6.07, 6.45) is 7.60. The third kappa shape index (κ3) is 14.8. The van der Waals surface area contributed by atoms with Crippen LogP contribution >= 0.6 is 0 Å². The van der Waals surface area contributed by atoms with Gasteiger partial charge in [0.2, 0.25) is 0 Å². The second-order valence-corrected chi connectivity index (χ2v) is 7.73. The highest BCUT2D eigenvalue weighted by atomic mass is 32.2. The van der Waals surface area contributed by atoms with Gasteiger partial charge in [-0.15, -0.1) is 0 Å². The van der Waals surface area contributed by atoms with E-state index in [-0.39, 0.29) is 5.75 Å². The normalized spacial score (nSPS) is 11.9.